The molecular formula is C14H23N3. The molecule has 0 atom stereocenters. The van der Waals surface area contributed by atoms with Gasteiger partial charge in [0.25, 0.3) is 0 Å². The first-order valence-corrected chi connectivity index (χ1v) is 6.63. The number of hydrogen-bond acceptors (Lipinski definition) is 3. The summed E-state index contributed by atoms with van der Waals surface area (Å²) in [5.74, 6) is 1.61. The first-order chi connectivity index (χ1) is 8.11. The number of nitrogens with zero attached hydrogens (tertiary/aromatic N) is 2. The first kappa shape index (κ1) is 12.5. The summed E-state index contributed by atoms with van der Waals surface area (Å²) in [4.78, 5) is 9.10. The lowest BCUT2D eigenvalue weighted by atomic mass is 9.89. The van der Waals surface area contributed by atoms with E-state index in [1.54, 1.807) is 0 Å². The van der Waals surface area contributed by atoms with E-state index in [4.69, 9.17) is 10.7 Å². The van der Waals surface area contributed by atoms with Gasteiger partial charge in [0.15, 0.2) is 0 Å². The quantitative estimate of drug-likeness (QED) is 0.870. The molecule has 0 aliphatic heterocycles. The topological polar surface area (TPSA) is 51.8 Å². The Bertz CT molecular complexity index is 367. The van der Waals surface area contributed by atoms with E-state index in [-0.39, 0.29) is 5.41 Å². The zero-order valence-electron chi connectivity index (χ0n) is 10.9. The van der Waals surface area contributed by atoms with Gasteiger partial charge in [-0.15, -0.1) is 0 Å². The van der Waals surface area contributed by atoms with E-state index >= 15 is 0 Å². The summed E-state index contributed by atoms with van der Waals surface area (Å²) in [6, 6.07) is 2.08. The molecule has 17 heavy (non-hydrogen) atoms. The minimum atomic E-state index is 0.0916. The molecule has 1 aliphatic carbocycles. The third-order valence-corrected chi connectivity index (χ3v) is 3.69. The van der Waals surface area contributed by atoms with Crippen LogP contribution in [0.25, 0.3) is 0 Å². The third kappa shape index (κ3) is 3.25. The van der Waals surface area contributed by atoms with E-state index in [1.807, 2.05) is 6.20 Å². The molecule has 2 N–H and O–H groups in total. The highest BCUT2D eigenvalue weighted by molar-refractivity contribution is 5.10. The van der Waals surface area contributed by atoms with Crippen LogP contribution in [0.5, 0.6) is 0 Å². The van der Waals surface area contributed by atoms with Crippen molar-refractivity contribution in [2.75, 3.05) is 6.54 Å². The molecular weight excluding hydrogens is 210 g/mol. The summed E-state index contributed by atoms with van der Waals surface area (Å²) in [5.41, 5.74) is 7.09. The van der Waals surface area contributed by atoms with E-state index in [1.165, 1.54) is 31.4 Å². The van der Waals surface area contributed by atoms with Crippen molar-refractivity contribution in [3.8, 4) is 0 Å². The number of rotatable bonds is 4. The summed E-state index contributed by atoms with van der Waals surface area (Å²) in [6.07, 6.45) is 8.04. The fraction of sp³-hybridized carbons (Fsp3) is 0.714. The smallest absolute Gasteiger partial charge is 0.129 e. The number of aromatic nitrogens is 2. The Hall–Kier alpha value is -0.960. The van der Waals surface area contributed by atoms with Gasteiger partial charge in [0, 0.05) is 24.2 Å². The minimum Gasteiger partial charge on any atom is -0.330 e. The Morgan fingerprint density at radius 3 is 2.71 bits per heavy atom. The highest BCUT2D eigenvalue weighted by Gasteiger charge is 2.21. The second kappa shape index (κ2) is 5.13. The average Bonchev–Trinajstić information content (AvgIpc) is 2.82. The van der Waals surface area contributed by atoms with E-state index in [0.29, 0.717) is 12.5 Å². The van der Waals surface area contributed by atoms with Gasteiger partial charge in [0.05, 0.1) is 0 Å². The molecule has 0 saturated heterocycles. The molecule has 1 fully saturated rings. The summed E-state index contributed by atoms with van der Waals surface area (Å²) in [5, 5.41) is 0. The molecule has 1 saturated carbocycles. The molecule has 0 bridgehead atoms. The van der Waals surface area contributed by atoms with Crippen LogP contribution in [0.4, 0.5) is 0 Å². The highest BCUT2D eigenvalue weighted by Crippen LogP contribution is 2.33. The Kier molecular flexibility index (Phi) is 3.77. The Morgan fingerprint density at radius 2 is 2.06 bits per heavy atom. The molecule has 0 amide bonds. The van der Waals surface area contributed by atoms with Crippen molar-refractivity contribution in [1.29, 1.82) is 0 Å². The largest absolute Gasteiger partial charge is 0.330 e. The third-order valence-electron chi connectivity index (χ3n) is 3.69. The molecule has 0 aromatic carbocycles. The van der Waals surface area contributed by atoms with Crippen LogP contribution in [0.15, 0.2) is 12.3 Å². The average molecular weight is 233 g/mol. The van der Waals surface area contributed by atoms with Crippen LogP contribution in [-0.4, -0.2) is 16.5 Å². The van der Waals surface area contributed by atoms with Gasteiger partial charge in [-0.05, 0) is 30.9 Å². The predicted octanol–water partition coefficient (Wildman–Crippen LogP) is 2.66. The molecule has 0 unspecified atom stereocenters. The predicted molar refractivity (Wildman–Crippen MR) is 69.8 cm³/mol. The molecule has 1 aliphatic rings. The molecule has 3 heteroatoms. The summed E-state index contributed by atoms with van der Waals surface area (Å²) in [7, 11) is 0. The van der Waals surface area contributed by atoms with E-state index in [2.05, 4.69) is 24.9 Å². The minimum absolute atomic E-state index is 0.0916. The van der Waals surface area contributed by atoms with Crippen LogP contribution < -0.4 is 5.73 Å². The van der Waals surface area contributed by atoms with Crippen molar-refractivity contribution in [2.24, 2.45) is 11.1 Å². The zero-order chi connectivity index (χ0) is 12.3. The summed E-state index contributed by atoms with van der Waals surface area (Å²) in [6.45, 7) is 5.00. The van der Waals surface area contributed by atoms with Gasteiger partial charge in [0.1, 0.15) is 5.82 Å². The second-order valence-corrected chi connectivity index (χ2v) is 5.92. The standard InChI is InChI=1S/C14H23N3/c1-14(2,10-15)9-13-16-8-7-12(17-13)11-5-3-4-6-11/h7-8,11H,3-6,9-10,15H2,1-2H3. The molecule has 0 spiro atoms. The van der Waals surface area contributed by atoms with Gasteiger partial charge in [-0.2, -0.15) is 0 Å². The normalized spacial score (nSPS) is 17.6. The fourth-order valence-electron chi connectivity index (χ4n) is 2.45. The summed E-state index contributed by atoms with van der Waals surface area (Å²) >= 11 is 0. The van der Waals surface area contributed by atoms with E-state index in [0.717, 1.165) is 12.2 Å². The Labute approximate surface area is 104 Å². The second-order valence-electron chi connectivity index (χ2n) is 5.92. The molecule has 1 heterocycles. The lowest BCUT2D eigenvalue weighted by Gasteiger charge is -2.21. The monoisotopic (exact) mass is 233 g/mol. The highest BCUT2D eigenvalue weighted by atomic mass is 14.9. The Balaban J connectivity index is 2.11. The van der Waals surface area contributed by atoms with Crippen LogP contribution in [0.2, 0.25) is 0 Å². The van der Waals surface area contributed by atoms with Crippen LogP contribution in [-0.2, 0) is 6.42 Å². The first-order valence-electron chi connectivity index (χ1n) is 6.63. The SMILES string of the molecule is CC(C)(CN)Cc1nccc(C2CCCC2)n1. The van der Waals surface area contributed by atoms with E-state index in [9.17, 15) is 0 Å². The van der Waals surface area contributed by atoms with Crippen LogP contribution in [0.1, 0.15) is 57.0 Å². The molecule has 3 nitrogen and oxygen atoms in total. The summed E-state index contributed by atoms with van der Waals surface area (Å²) < 4.78 is 0. The van der Waals surface area contributed by atoms with Crippen LogP contribution in [0, 0.1) is 5.41 Å². The molecule has 0 radical (unpaired) electrons. The van der Waals surface area contributed by atoms with Crippen LogP contribution in [0.3, 0.4) is 0 Å². The number of hydrogen-bond donors (Lipinski definition) is 1. The maximum Gasteiger partial charge on any atom is 0.129 e. The lowest BCUT2D eigenvalue weighted by molar-refractivity contribution is 0.367. The zero-order valence-corrected chi connectivity index (χ0v) is 10.9. The lowest BCUT2D eigenvalue weighted by Crippen LogP contribution is -2.27. The van der Waals surface area contributed by atoms with Gasteiger partial charge in [-0.1, -0.05) is 26.7 Å². The van der Waals surface area contributed by atoms with E-state index < -0.39 is 0 Å². The van der Waals surface area contributed by atoms with Crippen molar-refractivity contribution < 1.29 is 0 Å². The van der Waals surface area contributed by atoms with Crippen molar-refractivity contribution in [3.63, 3.8) is 0 Å². The molecule has 1 aromatic rings. The number of nitrogens with two attached hydrogens (primary N) is 1. The van der Waals surface area contributed by atoms with Gasteiger partial charge in [0.2, 0.25) is 0 Å². The van der Waals surface area contributed by atoms with Crippen LogP contribution >= 0.6 is 0 Å². The van der Waals surface area contributed by atoms with Crippen molar-refractivity contribution >= 4 is 0 Å². The van der Waals surface area contributed by atoms with Gasteiger partial charge >= 0.3 is 0 Å². The van der Waals surface area contributed by atoms with Gasteiger partial charge in [-0.3, -0.25) is 0 Å². The molecule has 94 valence electrons. The Morgan fingerprint density at radius 1 is 1.35 bits per heavy atom. The van der Waals surface area contributed by atoms with Crippen molar-refractivity contribution in [1.82, 2.24) is 9.97 Å². The van der Waals surface area contributed by atoms with Gasteiger partial charge < -0.3 is 5.73 Å². The fourth-order valence-corrected chi connectivity index (χ4v) is 2.45. The van der Waals surface area contributed by atoms with Crippen molar-refractivity contribution in [3.05, 3.63) is 23.8 Å². The van der Waals surface area contributed by atoms with Gasteiger partial charge in [-0.25, -0.2) is 9.97 Å². The van der Waals surface area contributed by atoms with Crippen molar-refractivity contribution in [2.45, 2.75) is 51.9 Å². The maximum absolute atomic E-state index is 5.76. The maximum atomic E-state index is 5.76. The molecule has 1 aromatic heterocycles. The molecule has 2 rings (SSSR count).